The minimum atomic E-state index is 0.620. The molecule has 3 aromatic heterocycles. The fraction of sp³-hybridized carbons (Fsp3) is 0. The second-order valence-electron chi connectivity index (χ2n) is 16.3. The maximum atomic E-state index is 9.74. The number of nitriles is 1. The van der Waals surface area contributed by atoms with E-state index in [0.29, 0.717) is 5.56 Å². The molecule has 12 aromatic rings. The highest BCUT2D eigenvalue weighted by Crippen LogP contribution is 2.41. The van der Waals surface area contributed by atoms with E-state index in [1.54, 1.807) is 0 Å². The summed E-state index contributed by atoms with van der Waals surface area (Å²) in [5, 5.41) is 14.4. The Morgan fingerprint density at radius 2 is 0.562 bits per heavy atom. The number of aromatic nitrogens is 3. The van der Waals surface area contributed by atoms with Gasteiger partial charge in [0.1, 0.15) is 11.6 Å². The van der Waals surface area contributed by atoms with Crippen LogP contribution in [0.5, 0.6) is 0 Å². The van der Waals surface area contributed by atoms with Crippen LogP contribution < -0.4 is 0 Å². The SMILES string of the molecule is N#Cc1ccc(-c2cc(-n3c4ccc(-c5ccccc5)cc4c4cc(-c5ccccc5)ccc43)nc(-n3c4ccc(-c5ccccc5)cc4c4cc(-c5ccccc5)ccc43)c2)cc1. The molecule has 64 heavy (non-hydrogen) atoms. The lowest BCUT2D eigenvalue weighted by Gasteiger charge is -2.15. The van der Waals surface area contributed by atoms with Gasteiger partial charge in [0.05, 0.1) is 33.7 Å². The molecule has 0 atom stereocenters. The first-order valence-corrected chi connectivity index (χ1v) is 21.6. The summed E-state index contributed by atoms with van der Waals surface area (Å²) in [5.41, 5.74) is 16.2. The second-order valence-corrected chi connectivity index (χ2v) is 16.3. The Morgan fingerprint density at radius 1 is 0.281 bits per heavy atom. The van der Waals surface area contributed by atoms with Gasteiger partial charge in [-0.3, -0.25) is 9.13 Å². The van der Waals surface area contributed by atoms with E-state index in [-0.39, 0.29) is 0 Å². The molecule has 0 saturated carbocycles. The number of hydrogen-bond acceptors (Lipinski definition) is 2. The van der Waals surface area contributed by atoms with Gasteiger partial charge < -0.3 is 0 Å². The Bertz CT molecular complexity index is 3340. The molecule has 0 N–H and O–H groups in total. The minimum absolute atomic E-state index is 0.620. The molecular formula is C60H38N4. The molecule has 0 aliphatic rings. The topological polar surface area (TPSA) is 46.5 Å². The highest BCUT2D eigenvalue weighted by molar-refractivity contribution is 6.13. The van der Waals surface area contributed by atoms with E-state index in [0.717, 1.165) is 88.6 Å². The van der Waals surface area contributed by atoms with Gasteiger partial charge in [-0.1, -0.05) is 158 Å². The van der Waals surface area contributed by atoms with Gasteiger partial charge in [0.15, 0.2) is 0 Å². The lowest BCUT2D eigenvalue weighted by Crippen LogP contribution is -2.04. The molecule has 9 aromatic carbocycles. The van der Waals surface area contributed by atoms with Crippen LogP contribution in [0, 0.1) is 11.3 Å². The van der Waals surface area contributed by atoms with E-state index in [9.17, 15) is 5.26 Å². The van der Waals surface area contributed by atoms with Crippen molar-refractivity contribution in [2.45, 2.75) is 0 Å². The zero-order valence-corrected chi connectivity index (χ0v) is 34.7. The number of nitrogens with zero attached hydrogens (tertiary/aromatic N) is 4. The Labute approximate surface area is 370 Å². The summed E-state index contributed by atoms with van der Waals surface area (Å²) >= 11 is 0. The van der Waals surface area contributed by atoms with Crippen LogP contribution in [-0.4, -0.2) is 14.1 Å². The quantitative estimate of drug-likeness (QED) is 0.161. The van der Waals surface area contributed by atoms with Gasteiger partial charge in [0.2, 0.25) is 0 Å². The third-order valence-corrected chi connectivity index (χ3v) is 12.6. The zero-order valence-electron chi connectivity index (χ0n) is 34.7. The summed E-state index contributed by atoms with van der Waals surface area (Å²) in [6.45, 7) is 0. The molecule has 0 aliphatic carbocycles. The third kappa shape index (κ3) is 6.35. The molecular weight excluding hydrogens is 777 g/mol. The molecule has 0 fully saturated rings. The van der Waals surface area contributed by atoms with Crippen molar-refractivity contribution in [1.29, 1.82) is 5.26 Å². The Balaban J connectivity index is 1.14. The molecule has 0 aliphatic heterocycles. The largest absolute Gasteiger partial charge is 0.294 e. The molecule has 0 bridgehead atoms. The van der Waals surface area contributed by atoms with Crippen molar-refractivity contribution in [3.8, 4) is 73.3 Å². The molecule has 12 rings (SSSR count). The van der Waals surface area contributed by atoms with Gasteiger partial charge >= 0.3 is 0 Å². The van der Waals surface area contributed by atoms with E-state index in [1.807, 2.05) is 24.3 Å². The summed E-state index contributed by atoms with van der Waals surface area (Å²) in [7, 11) is 0. The van der Waals surface area contributed by atoms with Crippen molar-refractivity contribution in [2.75, 3.05) is 0 Å². The van der Waals surface area contributed by atoms with Crippen LogP contribution in [0.25, 0.3) is 111 Å². The van der Waals surface area contributed by atoms with Crippen LogP contribution >= 0.6 is 0 Å². The predicted molar refractivity (Wildman–Crippen MR) is 265 cm³/mol. The van der Waals surface area contributed by atoms with Crippen molar-refractivity contribution in [2.24, 2.45) is 0 Å². The average Bonchev–Trinajstić information content (AvgIpc) is 3.88. The van der Waals surface area contributed by atoms with Gasteiger partial charge in [-0.15, -0.1) is 0 Å². The van der Waals surface area contributed by atoms with E-state index in [4.69, 9.17) is 4.98 Å². The van der Waals surface area contributed by atoms with Crippen LogP contribution in [0.2, 0.25) is 0 Å². The summed E-state index contributed by atoms with van der Waals surface area (Å²) in [5.74, 6) is 1.60. The smallest absolute Gasteiger partial charge is 0.140 e. The number of hydrogen-bond donors (Lipinski definition) is 0. The lowest BCUT2D eigenvalue weighted by atomic mass is 10.0. The molecule has 0 amide bonds. The van der Waals surface area contributed by atoms with E-state index in [1.165, 1.54) is 22.3 Å². The minimum Gasteiger partial charge on any atom is -0.294 e. The highest BCUT2D eigenvalue weighted by atomic mass is 15.1. The monoisotopic (exact) mass is 814 g/mol. The lowest BCUT2D eigenvalue weighted by molar-refractivity contribution is 1.01. The van der Waals surface area contributed by atoms with E-state index < -0.39 is 0 Å². The van der Waals surface area contributed by atoms with Crippen molar-refractivity contribution in [3.05, 3.63) is 236 Å². The van der Waals surface area contributed by atoms with Crippen LogP contribution in [0.3, 0.4) is 0 Å². The first-order chi connectivity index (χ1) is 31.7. The van der Waals surface area contributed by atoms with Crippen LogP contribution in [-0.2, 0) is 0 Å². The zero-order chi connectivity index (χ0) is 42.6. The van der Waals surface area contributed by atoms with E-state index >= 15 is 0 Å². The first kappa shape index (κ1) is 37.0. The first-order valence-electron chi connectivity index (χ1n) is 21.6. The standard InChI is InChI=1S/C60H38N4/c61-39-40-21-23-45(24-22-40)50-37-59(63-55-29-25-46(41-13-5-1-6-14-41)33-51(55)52-34-47(26-30-56(52)63)42-15-7-2-8-16-42)62-60(38-50)64-57-31-27-48(43-17-9-3-10-18-43)35-53(57)54-36-49(28-32-58(54)64)44-19-11-4-12-20-44/h1-38H. The summed E-state index contributed by atoms with van der Waals surface area (Å²) < 4.78 is 4.64. The number of benzene rings is 9. The number of fused-ring (bicyclic) bond motifs is 6. The summed E-state index contributed by atoms with van der Waals surface area (Å²) in [6, 6.07) is 84.0. The molecule has 0 radical (unpaired) electrons. The van der Waals surface area contributed by atoms with Crippen LogP contribution in [0.15, 0.2) is 231 Å². The van der Waals surface area contributed by atoms with Gasteiger partial charge in [-0.25, -0.2) is 4.98 Å². The Morgan fingerprint density at radius 3 is 0.859 bits per heavy atom. The fourth-order valence-corrected chi connectivity index (χ4v) is 9.42. The van der Waals surface area contributed by atoms with Crippen molar-refractivity contribution in [3.63, 3.8) is 0 Å². The van der Waals surface area contributed by atoms with Gasteiger partial charge in [-0.05, 0) is 128 Å². The van der Waals surface area contributed by atoms with Crippen molar-refractivity contribution >= 4 is 43.6 Å². The second kappa shape index (κ2) is 15.3. The van der Waals surface area contributed by atoms with Gasteiger partial charge in [-0.2, -0.15) is 5.26 Å². The van der Waals surface area contributed by atoms with Crippen LogP contribution in [0.4, 0.5) is 0 Å². The predicted octanol–water partition coefficient (Wildman–Crippen LogP) is 15.5. The molecule has 0 saturated heterocycles. The molecule has 0 spiro atoms. The van der Waals surface area contributed by atoms with Gasteiger partial charge in [0, 0.05) is 21.5 Å². The van der Waals surface area contributed by atoms with E-state index in [2.05, 4.69) is 221 Å². The molecule has 4 heteroatoms. The summed E-state index contributed by atoms with van der Waals surface area (Å²) in [6.07, 6.45) is 0. The Kier molecular flexibility index (Phi) is 8.84. The fourth-order valence-electron chi connectivity index (χ4n) is 9.42. The third-order valence-electron chi connectivity index (χ3n) is 12.6. The highest BCUT2D eigenvalue weighted by Gasteiger charge is 2.21. The number of rotatable bonds is 7. The van der Waals surface area contributed by atoms with Crippen molar-refractivity contribution in [1.82, 2.24) is 14.1 Å². The average molecular weight is 815 g/mol. The molecule has 4 nitrogen and oxygen atoms in total. The Hall–Kier alpha value is -8.78. The normalized spacial score (nSPS) is 11.4. The van der Waals surface area contributed by atoms with Gasteiger partial charge in [0.25, 0.3) is 0 Å². The molecule has 0 unspecified atom stereocenters. The maximum Gasteiger partial charge on any atom is 0.140 e. The maximum absolute atomic E-state index is 9.74. The van der Waals surface area contributed by atoms with Crippen LogP contribution in [0.1, 0.15) is 5.56 Å². The number of pyridine rings is 1. The van der Waals surface area contributed by atoms with Crippen molar-refractivity contribution < 1.29 is 0 Å². The molecule has 3 heterocycles. The molecule has 298 valence electrons. The summed E-state index contributed by atoms with van der Waals surface area (Å²) in [4.78, 5) is 5.67.